The van der Waals surface area contributed by atoms with Gasteiger partial charge in [0.2, 0.25) is 0 Å². The molecule has 2 atom stereocenters. The summed E-state index contributed by atoms with van der Waals surface area (Å²) in [5, 5.41) is 0.375. The second-order valence-electron chi connectivity index (χ2n) is 5.09. The van der Waals surface area contributed by atoms with Crippen molar-refractivity contribution in [1.29, 1.82) is 0 Å². The lowest BCUT2D eigenvalue weighted by molar-refractivity contribution is -0.178. The molecule has 0 radical (unpaired) electrons. The van der Waals surface area contributed by atoms with Gasteiger partial charge in [0.05, 0.1) is 19.3 Å². The molecule has 0 aromatic rings. The number of carbonyl (C=O) groups is 2. The van der Waals surface area contributed by atoms with E-state index in [0.717, 1.165) is 0 Å². The van der Waals surface area contributed by atoms with Gasteiger partial charge in [0.25, 0.3) is 0 Å². The highest BCUT2D eigenvalue weighted by atomic mass is 35.5. The van der Waals surface area contributed by atoms with Gasteiger partial charge in [0.15, 0.2) is 5.41 Å². The Morgan fingerprint density at radius 1 is 1.24 bits per heavy atom. The van der Waals surface area contributed by atoms with Gasteiger partial charge in [-0.2, -0.15) is 0 Å². The molecule has 0 bridgehead atoms. The van der Waals surface area contributed by atoms with Crippen LogP contribution < -0.4 is 0 Å². The van der Waals surface area contributed by atoms with Gasteiger partial charge in [-0.15, -0.1) is 0 Å². The van der Waals surface area contributed by atoms with Crippen LogP contribution in [0.5, 0.6) is 0 Å². The number of hydrogen-bond donors (Lipinski definition) is 0. The summed E-state index contributed by atoms with van der Waals surface area (Å²) in [6.45, 7) is 7.56. The average Bonchev–Trinajstić information content (AvgIpc) is 2.46. The first-order valence-electron chi connectivity index (χ1n) is 7.14. The van der Waals surface area contributed by atoms with E-state index < -0.39 is 17.4 Å². The van der Waals surface area contributed by atoms with Crippen molar-refractivity contribution in [2.45, 2.75) is 39.2 Å². The Morgan fingerprint density at radius 2 is 1.76 bits per heavy atom. The first-order valence-corrected chi connectivity index (χ1v) is 7.52. The Bertz CT molecular complexity index is 389. The summed E-state index contributed by atoms with van der Waals surface area (Å²) < 4.78 is 15.6. The highest BCUT2D eigenvalue weighted by Gasteiger charge is 2.54. The molecule has 0 aliphatic heterocycles. The topological polar surface area (TPSA) is 61.8 Å². The fraction of sp³-hybridized carbons (Fsp3) is 0.733. The zero-order chi connectivity index (χ0) is 16.0. The van der Waals surface area contributed by atoms with Crippen LogP contribution in [0.1, 0.15) is 33.1 Å². The van der Waals surface area contributed by atoms with Crippen LogP contribution in [0, 0.1) is 11.3 Å². The molecule has 0 amide bonds. The Hall–Kier alpha value is -1.07. The SMILES string of the molecule is C=C(Cl)[C@@H]1CC(C(=O)OCC)(C(=O)OCC)CC[C@@H]1OC. The van der Waals surface area contributed by atoms with Crippen LogP contribution in [0.25, 0.3) is 0 Å². The molecular weight excluding hydrogens is 296 g/mol. The van der Waals surface area contributed by atoms with E-state index in [2.05, 4.69) is 6.58 Å². The van der Waals surface area contributed by atoms with Crippen molar-refractivity contribution < 1.29 is 23.8 Å². The van der Waals surface area contributed by atoms with Crippen molar-refractivity contribution >= 4 is 23.5 Å². The number of esters is 2. The Morgan fingerprint density at radius 3 is 2.14 bits per heavy atom. The van der Waals surface area contributed by atoms with Gasteiger partial charge in [-0.1, -0.05) is 18.2 Å². The second-order valence-corrected chi connectivity index (χ2v) is 5.58. The van der Waals surface area contributed by atoms with Crippen molar-refractivity contribution in [3.05, 3.63) is 11.6 Å². The van der Waals surface area contributed by atoms with Gasteiger partial charge < -0.3 is 14.2 Å². The minimum Gasteiger partial charge on any atom is -0.465 e. The van der Waals surface area contributed by atoms with Crippen LogP contribution in [0.15, 0.2) is 11.6 Å². The molecule has 1 aliphatic rings. The number of hydrogen-bond acceptors (Lipinski definition) is 5. The molecule has 5 nitrogen and oxygen atoms in total. The lowest BCUT2D eigenvalue weighted by atomic mass is 9.68. The summed E-state index contributed by atoms with van der Waals surface area (Å²) in [7, 11) is 1.58. The maximum Gasteiger partial charge on any atom is 0.323 e. The quantitative estimate of drug-likeness (QED) is 0.556. The van der Waals surface area contributed by atoms with Gasteiger partial charge in [-0.3, -0.25) is 9.59 Å². The van der Waals surface area contributed by atoms with E-state index in [1.807, 2.05) is 0 Å². The molecule has 0 N–H and O–H groups in total. The molecule has 0 spiro atoms. The third kappa shape index (κ3) is 3.77. The van der Waals surface area contributed by atoms with E-state index in [-0.39, 0.29) is 31.7 Å². The zero-order valence-electron chi connectivity index (χ0n) is 12.8. The van der Waals surface area contributed by atoms with Crippen molar-refractivity contribution in [3.63, 3.8) is 0 Å². The van der Waals surface area contributed by atoms with Gasteiger partial charge in [-0.05, 0) is 33.1 Å². The monoisotopic (exact) mass is 318 g/mol. The lowest BCUT2D eigenvalue weighted by Crippen LogP contribution is -2.49. The molecule has 21 heavy (non-hydrogen) atoms. The smallest absolute Gasteiger partial charge is 0.323 e. The fourth-order valence-corrected chi connectivity index (χ4v) is 3.00. The molecule has 1 saturated carbocycles. The van der Waals surface area contributed by atoms with Crippen LogP contribution in [0.3, 0.4) is 0 Å². The third-order valence-corrected chi connectivity index (χ3v) is 4.19. The minimum atomic E-state index is -1.32. The van der Waals surface area contributed by atoms with E-state index in [0.29, 0.717) is 17.9 Å². The van der Waals surface area contributed by atoms with Crippen LogP contribution in [0.4, 0.5) is 0 Å². The van der Waals surface area contributed by atoms with Crippen molar-refractivity contribution in [2.24, 2.45) is 11.3 Å². The molecule has 1 aliphatic carbocycles. The van der Waals surface area contributed by atoms with Crippen molar-refractivity contribution in [2.75, 3.05) is 20.3 Å². The summed E-state index contributed by atoms with van der Waals surface area (Å²) in [4.78, 5) is 24.7. The van der Waals surface area contributed by atoms with Crippen LogP contribution in [-0.2, 0) is 23.8 Å². The summed E-state index contributed by atoms with van der Waals surface area (Å²) in [6, 6.07) is 0. The predicted molar refractivity (Wildman–Crippen MR) is 78.8 cm³/mol. The zero-order valence-corrected chi connectivity index (χ0v) is 13.6. The normalized spacial score (nSPS) is 24.2. The molecule has 120 valence electrons. The Kier molecular flexibility index (Phi) is 6.68. The number of ether oxygens (including phenoxy) is 3. The third-order valence-electron chi connectivity index (χ3n) is 3.91. The number of carbonyl (C=O) groups excluding carboxylic acids is 2. The van der Waals surface area contributed by atoms with E-state index in [4.69, 9.17) is 25.8 Å². The molecule has 1 fully saturated rings. The Labute approximate surface area is 130 Å². The van der Waals surface area contributed by atoms with Crippen LogP contribution >= 0.6 is 11.6 Å². The fourth-order valence-electron chi connectivity index (χ4n) is 2.79. The highest BCUT2D eigenvalue weighted by Crippen LogP contribution is 2.45. The Balaban J connectivity index is 3.10. The van der Waals surface area contributed by atoms with Crippen LogP contribution in [0.2, 0.25) is 0 Å². The van der Waals surface area contributed by atoms with Gasteiger partial charge in [0.1, 0.15) is 0 Å². The molecule has 0 heterocycles. The molecule has 0 aromatic carbocycles. The molecule has 0 aromatic heterocycles. The number of methoxy groups -OCH3 is 1. The van der Waals surface area contributed by atoms with Gasteiger partial charge in [0, 0.05) is 18.1 Å². The molecule has 0 saturated heterocycles. The van der Waals surface area contributed by atoms with E-state index in [9.17, 15) is 9.59 Å². The predicted octanol–water partition coefficient (Wildman–Crippen LogP) is 2.67. The summed E-state index contributed by atoms with van der Waals surface area (Å²) in [6.07, 6.45) is 0.881. The molecule has 1 rings (SSSR count). The van der Waals surface area contributed by atoms with E-state index in [1.165, 1.54) is 0 Å². The summed E-state index contributed by atoms with van der Waals surface area (Å²) >= 11 is 6.04. The largest absolute Gasteiger partial charge is 0.465 e. The maximum atomic E-state index is 12.4. The van der Waals surface area contributed by atoms with Gasteiger partial charge in [-0.25, -0.2) is 0 Å². The average molecular weight is 319 g/mol. The first kappa shape index (κ1) is 18.0. The number of halogens is 1. The van der Waals surface area contributed by atoms with Crippen molar-refractivity contribution in [1.82, 2.24) is 0 Å². The minimum absolute atomic E-state index is 0.160. The van der Waals surface area contributed by atoms with E-state index in [1.54, 1.807) is 21.0 Å². The summed E-state index contributed by atoms with van der Waals surface area (Å²) in [5.41, 5.74) is -1.32. The molecule has 6 heteroatoms. The van der Waals surface area contributed by atoms with Crippen molar-refractivity contribution in [3.8, 4) is 0 Å². The molecular formula is C15H23ClO5. The molecule has 0 unspecified atom stereocenters. The second kappa shape index (κ2) is 7.80. The van der Waals surface area contributed by atoms with Gasteiger partial charge >= 0.3 is 11.9 Å². The summed E-state index contributed by atoms with van der Waals surface area (Å²) in [5.74, 6) is -1.40. The first-order chi connectivity index (χ1) is 9.92. The van der Waals surface area contributed by atoms with E-state index >= 15 is 0 Å². The maximum absolute atomic E-state index is 12.4. The lowest BCUT2D eigenvalue weighted by Gasteiger charge is -2.40. The number of rotatable bonds is 6. The highest BCUT2D eigenvalue weighted by molar-refractivity contribution is 6.29. The standard InChI is InChI=1S/C15H23ClO5/c1-5-20-13(17)15(14(18)21-6-2)8-7-12(19-4)11(9-15)10(3)16/h11-12H,3,5-9H2,1-2,4H3/t11-,12-/m0/s1. The van der Waals surface area contributed by atoms with Crippen LogP contribution in [-0.4, -0.2) is 38.4 Å².